The van der Waals surface area contributed by atoms with Gasteiger partial charge in [-0.1, -0.05) is 6.07 Å². The van der Waals surface area contributed by atoms with Gasteiger partial charge in [0.15, 0.2) is 0 Å². The monoisotopic (exact) mass is 192 g/mol. The fourth-order valence-corrected chi connectivity index (χ4v) is 2.06. The van der Waals surface area contributed by atoms with Crippen molar-refractivity contribution in [3.63, 3.8) is 0 Å². The zero-order chi connectivity index (χ0) is 9.80. The highest BCUT2D eigenvalue weighted by Gasteiger charge is 2.22. The summed E-state index contributed by atoms with van der Waals surface area (Å²) in [4.78, 5) is 6.42. The Morgan fingerprint density at radius 2 is 2.21 bits per heavy atom. The molecule has 1 atom stereocenters. The quantitative estimate of drug-likeness (QED) is 0.782. The third-order valence-electron chi connectivity index (χ3n) is 2.82. The predicted octanol–water partition coefficient (Wildman–Crippen LogP) is 1.21. The van der Waals surface area contributed by atoms with E-state index in [1.807, 2.05) is 18.3 Å². The Hall–Kier alpha value is -0.930. The van der Waals surface area contributed by atoms with Crippen LogP contribution in [0.2, 0.25) is 0 Å². The largest absolute Gasteiger partial charge is 0.394 e. The first-order valence-electron chi connectivity index (χ1n) is 5.16. The molecular weight excluding hydrogens is 176 g/mol. The molecule has 0 amide bonds. The number of aromatic nitrogens is 1. The predicted molar refractivity (Wildman–Crippen MR) is 54.9 cm³/mol. The van der Waals surface area contributed by atoms with Crippen LogP contribution in [-0.4, -0.2) is 34.7 Å². The molecule has 1 aromatic rings. The van der Waals surface area contributed by atoms with Crippen molar-refractivity contribution < 1.29 is 5.11 Å². The standard InChI is InChI=1S/C11H16N2O/c14-9-11(13-6-1-2-7-13)10-4-3-5-12-8-10/h3-5,8,11,14H,1-2,6-7,9H2. The van der Waals surface area contributed by atoms with Gasteiger partial charge in [0, 0.05) is 12.4 Å². The van der Waals surface area contributed by atoms with Gasteiger partial charge in [-0.25, -0.2) is 0 Å². The molecular formula is C11H16N2O. The van der Waals surface area contributed by atoms with Crippen molar-refractivity contribution in [2.75, 3.05) is 19.7 Å². The maximum atomic E-state index is 9.37. The molecule has 0 spiro atoms. The number of pyridine rings is 1. The minimum Gasteiger partial charge on any atom is -0.394 e. The first-order chi connectivity index (χ1) is 6.92. The summed E-state index contributed by atoms with van der Waals surface area (Å²) in [6.07, 6.45) is 6.11. The van der Waals surface area contributed by atoms with Gasteiger partial charge in [0.25, 0.3) is 0 Å². The van der Waals surface area contributed by atoms with E-state index in [0.717, 1.165) is 18.7 Å². The summed E-state index contributed by atoms with van der Waals surface area (Å²) in [5.74, 6) is 0. The Balaban J connectivity index is 2.12. The van der Waals surface area contributed by atoms with Gasteiger partial charge in [-0.3, -0.25) is 9.88 Å². The summed E-state index contributed by atoms with van der Waals surface area (Å²) in [5.41, 5.74) is 1.12. The summed E-state index contributed by atoms with van der Waals surface area (Å²) in [6.45, 7) is 2.38. The van der Waals surface area contributed by atoms with E-state index in [1.165, 1.54) is 12.8 Å². The molecule has 0 aliphatic carbocycles. The lowest BCUT2D eigenvalue weighted by Crippen LogP contribution is -2.28. The lowest BCUT2D eigenvalue weighted by molar-refractivity contribution is 0.147. The molecule has 2 rings (SSSR count). The minimum absolute atomic E-state index is 0.145. The van der Waals surface area contributed by atoms with Crippen molar-refractivity contribution in [3.05, 3.63) is 30.1 Å². The third-order valence-corrected chi connectivity index (χ3v) is 2.82. The maximum absolute atomic E-state index is 9.37. The fourth-order valence-electron chi connectivity index (χ4n) is 2.06. The second-order valence-corrected chi connectivity index (χ2v) is 3.73. The van der Waals surface area contributed by atoms with Gasteiger partial charge in [-0.15, -0.1) is 0 Å². The second kappa shape index (κ2) is 4.53. The molecule has 1 fully saturated rings. The number of hydrogen-bond donors (Lipinski definition) is 1. The zero-order valence-corrected chi connectivity index (χ0v) is 8.26. The highest BCUT2D eigenvalue weighted by atomic mass is 16.3. The van der Waals surface area contributed by atoms with Gasteiger partial charge in [0.2, 0.25) is 0 Å². The van der Waals surface area contributed by atoms with Crippen LogP contribution in [0.5, 0.6) is 0 Å². The van der Waals surface area contributed by atoms with E-state index in [4.69, 9.17) is 0 Å². The average molecular weight is 192 g/mol. The van der Waals surface area contributed by atoms with E-state index in [0.29, 0.717) is 0 Å². The van der Waals surface area contributed by atoms with E-state index in [9.17, 15) is 5.11 Å². The summed E-state index contributed by atoms with van der Waals surface area (Å²) in [5, 5.41) is 9.37. The molecule has 1 N–H and O–H groups in total. The molecule has 3 nitrogen and oxygen atoms in total. The van der Waals surface area contributed by atoms with E-state index in [2.05, 4.69) is 9.88 Å². The van der Waals surface area contributed by atoms with Gasteiger partial charge in [0.1, 0.15) is 0 Å². The Bertz CT molecular complexity index is 270. The van der Waals surface area contributed by atoms with Crippen LogP contribution in [0.4, 0.5) is 0 Å². The van der Waals surface area contributed by atoms with Crippen LogP contribution in [0.25, 0.3) is 0 Å². The Morgan fingerprint density at radius 3 is 2.79 bits per heavy atom. The Labute approximate surface area is 84.4 Å². The molecule has 1 unspecified atom stereocenters. The molecule has 76 valence electrons. The Kier molecular flexibility index (Phi) is 3.11. The molecule has 3 heteroatoms. The lowest BCUT2D eigenvalue weighted by atomic mass is 10.1. The zero-order valence-electron chi connectivity index (χ0n) is 8.26. The van der Waals surface area contributed by atoms with E-state index in [-0.39, 0.29) is 12.6 Å². The van der Waals surface area contributed by atoms with Crippen LogP contribution >= 0.6 is 0 Å². The fraction of sp³-hybridized carbons (Fsp3) is 0.545. The van der Waals surface area contributed by atoms with E-state index >= 15 is 0 Å². The third kappa shape index (κ3) is 1.94. The molecule has 0 bridgehead atoms. The molecule has 1 aromatic heterocycles. The molecule has 0 radical (unpaired) electrons. The first-order valence-corrected chi connectivity index (χ1v) is 5.16. The molecule has 2 heterocycles. The summed E-state index contributed by atoms with van der Waals surface area (Å²) in [6, 6.07) is 4.10. The Morgan fingerprint density at radius 1 is 1.43 bits per heavy atom. The second-order valence-electron chi connectivity index (χ2n) is 3.73. The van der Waals surface area contributed by atoms with Crippen LogP contribution in [-0.2, 0) is 0 Å². The average Bonchev–Trinajstić information content (AvgIpc) is 2.74. The summed E-state index contributed by atoms with van der Waals surface area (Å²) in [7, 11) is 0. The van der Waals surface area contributed by atoms with Gasteiger partial charge in [-0.2, -0.15) is 0 Å². The van der Waals surface area contributed by atoms with Gasteiger partial charge >= 0.3 is 0 Å². The normalized spacial score (nSPS) is 19.8. The van der Waals surface area contributed by atoms with Crippen molar-refractivity contribution in [1.29, 1.82) is 0 Å². The van der Waals surface area contributed by atoms with Gasteiger partial charge in [-0.05, 0) is 37.6 Å². The molecule has 14 heavy (non-hydrogen) atoms. The maximum Gasteiger partial charge on any atom is 0.0629 e. The van der Waals surface area contributed by atoms with Crippen LogP contribution < -0.4 is 0 Å². The first kappa shape index (κ1) is 9.62. The minimum atomic E-state index is 0.145. The molecule has 0 aromatic carbocycles. The number of hydrogen-bond acceptors (Lipinski definition) is 3. The summed E-state index contributed by atoms with van der Waals surface area (Å²) >= 11 is 0. The van der Waals surface area contributed by atoms with Crippen molar-refractivity contribution in [2.24, 2.45) is 0 Å². The van der Waals surface area contributed by atoms with Gasteiger partial charge in [0.05, 0.1) is 12.6 Å². The van der Waals surface area contributed by atoms with Crippen LogP contribution in [0.15, 0.2) is 24.5 Å². The van der Waals surface area contributed by atoms with Crippen LogP contribution in [0.3, 0.4) is 0 Å². The number of rotatable bonds is 3. The number of likely N-dealkylation sites (tertiary alicyclic amines) is 1. The van der Waals surface area contributed by atoms with Gasteiger partial charge < -0.3 is 5.11 Å². The van der Waals surface area contributed by atoms with Crippen molar-refractivity contribution in [3.8, 4) is 0 Å². The number of aliphatic hydroxyl groups excluding tert-OH is 1. The van der Waals surface area contributed by atoms with Crippen LogP contribution in [0, 0.1) is 0 Å². The van der Waals surface area contributed by atoms with Crippen molar-refractivity contribution in [1.82, 2.24) is 9.88 Å². The molecule has 1 saturated heterocycles. The highest BCUT2D eigenvalue weighted by molar-refractivity contribution is 5.14. The topological polar surface area (TPSA) is 36.4 Å². The van der Waals surface area contributed by atoms with Crippen molar-refractivity contribution >= 4 is 0 Å². The van der Waals surface area contributed by atoms with Crippen molar-refractivity contribution in [2.45, 2.75) is 18.9 Å². The number of aliphatic hydroxyl groups is 1. The molecule has 0 saturated carbocycles. The van der Waals surface area contributed by atoms with E-state index in [1.54, 1.807) is 6.20 Å². The van der Waals surface area contributed by atoms with E-state index < -0.39 is 0 Å². The number of nitrogens with zero attached hydrogens (tertiary/aromatic N) is 2. The highest BCUT2D eigenvalue weighted by Crippen LogP contribution is 2.23. The molecule has 1 aliphatic heterocycles. The molecule has 1 aliphatic rings. The van der Waals surface area contributed by atoms with Crippen LogP contribution in [0.1, 0.15) is 24.4 Å². The smallest absolute Gasteiger partial charge is 0.0629 e. The summed E-state index contributed by atoms with van der Waals surface area (Å²) < 4.78 is 0. The lowest BCUT2D eigenvalue weighted by Gasteiger charge is -2.25. The SMILES string of the molecule is OCC(c1cccnc1)N1CCCC1.